The van der Waals surface area contributed by atoms with E-state index in [1.807, 2.05) is 0 Å². The summed E-state index contributed by atoms with van der Waals surface area (Å²) in [7, 11) is 0. The van der Waals surface area contributed by atoms with Crippen molar-refractivity contribution in [2.75, 3.05) is 59.0 Å². The summed E-state index contributed by atoms with van der Waals surface area (Å²) < 4.78 is 11.9. The SMILES string of the molecule is CCNC(=NCCCN(CC)CC)N1CCC(OCC2CCCCO2)CC1. The topological polar surface area (TPSA) is 49.3 Å². The molecule has 2 fully saturated rings. The summed E-state index contributed by atoms with van der Waals surface area (Å²) in [6.45, 7) is 15.5. The Kier molecular flexibility index (Phi) is 11.1. The molecule has 2 aliphatic heterocycles. The van der Waals surface area contributed by atoms with Gasteiger partial charge in [0, 0.05) is 32.8 Å². The average molecular weight is 383 g/mol. The first kappa shape index (κ1) is 22.4. The van der Waals surface area contributed by atoms with Crippen LogP contribution in [0.1, 0.15) is 59.3 Å². The molecular formula is C21H42N4O2. The van der Waals surface area contributed by atoms with Gasteiger partial charge in [-0.2, -0.15) is 0 Å². The maximum atomic E-state index is 6.14. The quantitative estimate of drug-likeness (QED) is 0.358. The fourth-order valence-corrected chi connectivity index (χ4v) is 3.86. The number of hydrogen-bond acceptors (Lipinski definition) is 4. The molecule has 0 aromatic heterocycles. The van der Waals surface area contributed by atoms with Crippen LogP contribution in [0, 0.1) is 0 Å². The van der Waals surface area contributed by atoms with Crippen molar-refractivity contribution in [1.82, 2.24) is 15.1 Å². The van der Waals surface area contributed by atoms with Gasteiger partial charge in [0.2, 0.25) is 0 Å². The molecule has 0 bridgehead atoms. The summed E-state index contributed by atoms with van der Waals surface area (Å²) in [5, 5.41) is 3.47. The van der Waals surface area contributed by atoms with Crippen LogP contribution < -0.4 is 5.32 Å². The second kappa shape index (κ2) is 13.3. The number of aliphatic imine (C=N–C) groups is 1. The van der Waals surface area contributed by atoms with Gasteiger partial charge in [-0.1, -0.05) is 13.8 Å². The minimum Gasteiger partial charge on any atom is -0.376 e. The predicted octanol–water partition coefficient (Wildman–Crippen LogP) is 2.73. The lowest BCUT2D eigenvalue weighted by Gasteiger charge is -2.35. The number of rotatable bonds is 10. The molecule has 0 radical (unpaired) electrons. The van der Waals surface area contributed by atoms with E-state index in [1.165, 1.54) is 12.8 Å². The minimum atomic E-state index is 0.321. The molecule has 27 heavy (non-hydrogen) atoms. The first-order valence-electron chi connectivity index (χ1n) is 11.3. The van der Waals surface area contributed by atoms with Gasteiger partial charge in [0.1, 0.15) is 0 Å². The molecule has 1 atom stereocenters. The summed E-state index contributed by atoms with van der Waals surface area (Å²) in [6.07, 6.45) is 7.62. The lowest BCUT2D eigenvalue weighted by Crippen LogP contribution is -2.47. The van der Waals surface area contributed by atoms with Crippen molar-refractivity contribution < 1.29 is 9.47 Å². The molecular weight excluding hydrogens is 340 g/mol. The normalized spacial score (nSPS) is 22.4. The number of hydrogen-bond donors (Lipinski definition) is 1. The molecule has 1 unspecified atom stereocenters. The monoisotopic (exact) mass is 382 g/mol. The molecule has 6 nitrogen and oxygen atoms in total. The Balaban J connectivity index is 1.69. The Bertz CT molecular complexity index is 401. The zero-order chi connectivity index (χ0) is 19.3. The maximum absolute atomic E-state index is 6.14. The molecule has 0 aliphatic carbocycles. The Morgan fingerprint density at radius 3 is 2.56 bits per heavy atom. The molecule has 2 aliphatic rings. The van der Waals surface area contributed by atoms with Gasteiger partial charge in [-0.05, 0) is 65.1 Å². The maximum Gasteiger partial charge on any atom is 0.193 e. The third kappa shape index (κ3) is 8.36. The molecule has 0 saturated carbocycles. The van der Waals surface area contributed by atoms with Crippen molar-refractivity contribution in [1.29, 1.82) is 0 Å². The van der Waals surface area contributed by atoms with Gasteiger partial charge in [-0.25, -0.2) is 0 Å². The van der Waals surface area contributed by atoms with Gasteiger partial charge >= 0.3 is 0 Å². The third-order valence-corrected chi connectivity index (χ3v) is 5.66. The van der Waals surface area contributed by atoms with Crippen molar-refractivity contribution in [3.05, 3.63) is 0 Å². The number of nitrogens with zero attached hydrogens (tertiary/aromatic N) is 3. The van der Waals surface area contributed by atoms with Crippen molar-refractivity contribution in [3.63, 3.8) is 0 Å². The molecule has 0 aromatic rings. The highest BCUT2D eigenvalue weighted by Crippen LogP contribution is 2.18. The van der Waals surface area contributed by atoms with Crippen molar-refractivity contribution in [2.24, 2.45) is 4.99 Å². The molecule has 1 N–H and O–H groups in total. The Hall–Kier alpha value is -0.850. The Morgan fingerprint density at radius 1 is 1.15 bits per heavy atom. The van der Waals surface area contributed by atoms with E-state index >= 15 is 0 Å². The Morgan fingerprint density at radius 2 is 1.93 bits per heavy atom. The highest BCUT2D eigenvalue weighted by atomic mass is 16.5. The third-order valence-electron chi connectivity index (χ3n) is 5.66. The van der Waals surface area contributed by atoms with Crippen LogP contribution >= 0.6 is 0 Å². The number of nitrogens with one attached hydrogen (secondary N) is 1. The van der Waals surface area contributed by atoms with Crippen LogP contribution in [0.3, 0.4) is 0 Å². The zero-order valence-electron chi connectivity index (χ0n) is 17.9. The zero-order valence-corrected chi connectivity index (χ0v) is 17.9. The van der Waals surface area contributed by atoms with Gasteiger partial charge in [0.25, 0.3) is 0 Å². The van der Waals surface area contributed by atoms with E-state index in [1.54, 1.807) is 0 Å². The fraction of sp³-hybridized carbons (Fsp3) is 0.952. The van der Waals surface area contributed by atoms with Gasteiger partial charge in [0.15, 0.2) is 5.96 Å². The summed E-state index contributed by atoms with van der Waals surface area (Å²) >= 11 is 0. The van der Waals surface area contributed by atoms with Crippen molar-refractivity contribution in [3.8, 4) is 0 Å². The summed E-state index contributed by atoms with van der Waals surface area (Å²) in [6, 6.07) is 0. The molecule has 6 heteroatoms. The highest BCUT2D eigenvalue weighted by Gasteiger charge is 2.23. The van der Waals surface area contributed by atoms with Crippen LogP contribution in [0.5, 0.6) is 0 Å². The average Bonchev–Trinajstić information content (AvgIpc) is 2.73. The van der Waals surface area contributed by atoms with E-state index in [9.17, 15) is 0 Å². The predicted molar refractivity (Wildman–Crippen MR) is 113 cm³/mol. The second-order valence-electron chi connectivity index (χ2n) is 7.62. The standard InChI is InChI=1S/C21H42N4O2/c1-4-22-21(23-13-9-14-24(5-2)6-3)25-15-11-19(12-16-25)27-18-20-10-7-8-17-26-20/h19-20H,4-18H2,1-3H3,(H,22,23). The summed E-state index contributed by atoms with van der Waals surface area (Å²) in [5.74, 6) is 1.08. The molecule has 0 aromatic carbocycles. The van der Waals surface area contributed by atoms with Crippen LogP contribution in [0.15, 0.2) is 4.99 Å². The van der Waals surface area contributed by atoms with Crippen molar-refractivity contribution >= 4 is 5.96 Å². The van der Waals surface area contributed by atoms with E-state index in [2.05, 4.69) is 35.9 Å². The first-order chi connectivity index (χ1) is 13.3. The lowest BCUT2D eigenvalue weighted by atomic mass is 10.1. The Labute approximate surface area is 166 Å². The lowest BCUT2D eigenvalue weighted by molar-refractivity contribution is -0.0721. The van der Waals surface area contributed by atoms with Gasteiger partial charge in [-0.3, -0.25) is 4.99 Å². The van der Waals surface area contributed by atoms with E-state index in [-0.39, 0.29) is 0 Å². The van der Waals surface area contributed by atoms with Crippen LogP contribution in [0.2, 0.25) is 0 Å². The van der Waals surface area contributed by atoms with Crippen LogP contribution in [0.4, 0.5) is 0 Å². The fourth-order valence-electron chi connectivity index (χ4n) is 3.86. The molecule has 2 heterocycles. The van der Waals surface area contributed by atoms with E-state index in [0.717, 1.165) is 90.7 Å². The highest BCUT2D eigenvalue weighted by molar-refractivity contribution is 5.80. The van der Waals surface area contributed by atoms with Crippen LogP contribution in [-0.4, -0.2) is 87.0 Å². The number of piperidine rings is 1. The van der Waals surface area contributed by atoms with E-state index in [4.69, 9.17) is 14.5 Å². The number of guanidine groups is 1. The minimum absolute atomic E-state index is 0.321. The second-order valence-corrected chi connectivity index (χ2v) is 7.62. The molecule has 2 saturated heterocycles. The summed E-state index contributed by atoms with van der Waals surface area (Å²) in [4.78, 5) is 9.73. The number of likely N-dealkylation sites (tertiary alicyclic amines) is 1. The molecule has 158 valence electrons. The van der Waals surface area contributed by atoms with Gasteiger partial charge in [-0.15, -0.1) is 0 Å². The summed E-state index contributed by atoms with van der Waals surface area (Å²) in [5.41, 5.74) is 0. The number of ether oxygens (including phenoxy) is 2. The largest absolute Gasteiger partial charge is 0.376 e. The molecule has 0 amide bonds. The van der Waals surface area contributed by atoms with E-state index < -0.39 is 0 Å². The van der Waals surface area contributed by atoms with Crippen molar-refractivity contribution in [2.45, 2.75) is 71.5 Å². The first-order valence-corrected chi connectivity index (χ1v) is 11.3. The van der Waals surface area contributed by atoms with Crippen LogP contribution in [0.25, 0.3) is 0 Å². The van der Waals surface area contributed by atoms with E-state index in [0.29, 0.717) is 12.2 Å². The van der Waals surface area contributed by atoms with Crippen LogP contribution in [-0.2, 0) is 9.47 Å². The van der Waals surface area contributed by atoms with Gasteiger partial charge < -0.3 is 24.6 Å². The smallest absolute Gasteiger partial charge is 0.193 e. The van der Waals surface area contributed by atoms with Gasteiger partial charge in [0.05, 0.1) is 18.8 Å². The molecule has 2 rings (SSSR count). The molecule has 0 spiro atoms.